The van der Waals surface area contributed by atoms with Crippen LogP contribution in [0.2, 0.25) is 0 Å². The standard InChI is InChI=1S/C16H23FN4/c1-5-21-11-13(10-19-21)9-18-14-6-7-16(15(17)8-14)20(4)12(2)3/h6-8,10-12,18H,5,9H2,1-4H3. The summed E-state index contributed by atoms with van der Waals surface area (Å²) in [7, 11) is 1.90. The van der Waals surface area contributed by atoms with Crippen LogP contribution in [0.15, 0.2) is 30.6 Å². The van der Waals surface area contributed by atoms with Crippen molar-refractivity contribution in [1.29, 1.82) is 0 Å². The maximum atomic E-state index is 14.1. The summed E-state index contributed by atoms with van der Waals surface area (Å²) in [6.45, 7) is 7.61. The molecule has 5 heteroatoms. The number of halogens is 1. The van der Waals surface area contributed by atoms with Gasteiger partial charge in [0.25, 0.3) is 0 Å². The molecule has 2 aromatic rings. The van der Waals surface area contributed by atoms with E-state index in [-0.39, 0.29) is 11.9 Å². The van der Waals surface area contributed by atoms with Gasteiger partial charge in [0, 0.05) is 43.6 Å². The summed E-state index contributed by atoms with van der Waals surface area (Å²) in [6, 6.07) is 5.52. The molecular weight excluding hydrogens is 267 g/mol. The number of nitrogens with zero attached hydrogens (tertiary/aromatic N) is 3. The Hall–Kier alpha value is -2.04. The molecule has 0 saturated heterocycles. The van der Waals surface area contributed by atoms with Gasteiger partial charge < -0.3 is 10.2 Å². The highest BCUT2D eigenvalue weighted by molar-refractivity contribution is 5.56. The van der Waals surface area contributed by atoms with Gasteiger partial charge in [-0.25, -0.2) is 4.39 Å². The molecule has 0 atom stereocenters. The van der Waals surface area contributed by atoms with E-state index in [1.807, 2.05) is 61.9 Å². The molecule has 0 aliphatic carbocycles. The molecule has 1 aromatic carbocycles. The van der Waals surface area contributed by atoms with Crippen molar-refractivity contribution in [2.45, 2.75) is 39.9 Å². The van der Waals surface area contributed by atoms with E-state index in [2.05, 4.69) is 10.4 Å². The number of benzene rings is 1. The molecule has 0 unspecified atom stereocenters. The number of aryl methyl sites for hydroxylation is 1. The van der Waals surface area contributed by atoms with Crippen LogP contribution in [-0.4, -0.2) is 22.9 Å². The molecule has 4 nitrogen and oxygen atoms in total. The van der Waals surface area contributed by atoms with Gasteiger partial charge in [-0.2, -0.15) is 5.10 Å². The Labute approximate surface area is 125 Å². The number of anilines is 2. The van der Waals surface area contributed by atoms with Crippen LogP contribution in [0.25, 0.3) is 0 Å². The summed E-state index contributed by atoms with van der Waals surface area (Å²) in [5.41, 5.74) is 2.48. The van der Waals surface area contributed by atoms with Gasteiger partial charge in [0.05, 0.1) is 11.9 Å². The van der Waals surface area contributed by atoms with Crippen LogP contribution < -0.4 is 10.2 Å². The largest absolute Gasteiger partial charge is 0.381 e. The molecule has 2 rings (SSSR count). The molecule has 0 aliphatic heterocycles. The first-order valence-electron chi connectivity index (χ1n) is 7.28. The molecule has 114 valence electrons. The van der Waals surface area contributed by atoms with Gasteiger partial charge in [-0.05, 0) is 39.0 Å². The second-order valence-corrected chi connectivity index (χ2v) is 5.43. The summed E-state index contributed by atoms with van der Waals surface area (Å²) in [5, 5.41) is 7.44. The first-order valence-corrected chi connectivity index (χ1v) is 7.28. The van der Waals surface area contributed by atoms with Crippen LogP contribution in [0.3, 0.4) is 0 Å². The third kappa shape index (κ3) is 3.74. The normalized spacial score (nSPS) is 11.0. The van der Waals surface area contributed by atoms with Gasteiger partial charge >= 0.3 is 0 Å². The lowest BCUT2D eigenvalue weighted by Gasteiger charge is -2.24. The fraction of sp³-hybridized carbons (Fsp3) is 0.438. The van der Waals surface area contributed by atoms with E-state index in [4.69, 9.17) is 0 Å². The highest BCUT2D eigenvalue weighted by Crippen LogP contribution is 2.23. The monoisotopic (exact) mass is 290 g/mol. The summed E-state index contributed by atoms with van der Waals surface area (Å²) in [4.78, 5) is 1.92. The molecule has 0 spiro atoms. The van der Waals surface area contributed by atoms with Gasteiger partial charge in [0.1, 0.15) is 5.82 Å². The van der Waals surface area contributed by atoms with Crippen molar-refractivity contribution in [1.82, 2.24) is 9.78 Å². The summed E-state index contributed by atoms with van der Waals surface area (Å²) in [5.74, 6) is -0.208. The zero-order valence-corrected chi connectivity index (χ0v) is 13.1. The quantitative estimate of drug-likeness (QED) is 0.884. The first-order chi connectivity index (χ1) is 10.0. The Kier molecular flexibility index (Phi) is 4.83. The topological polar surface area (TPSA) is 33.1 Å². The Morgan fingerprint density at radius 2 is 2.14 bits per heavy atom. The fourth-order valence-electron chi connectivity index (χ4n) is 2.06. The minimum absolute atomic E-state index is 0.208. The van der Waals surface area contributed by atoms with Gasteiger partial charge in [-0.15, -0.1) is 0 Å². The van der Waals surface area contributed by atoms with Crippen LogP contribution in [0.4, 0.5) is 15.8 Å². The van der Waals surface area contributed by atoms with Crippen molar-refractivity contribution < 1.29 is 4.39 Å². The van der Waals surface area contributed by atoms with Gasteiger partial charge in [0.2, 0.25) is 0 Å². The van der Waals surface area contributed by atoms with Crippen LogP contribution in [0.5, 0.6) is 0 Å². The molecule has 1 aromatic heterocycles. The van der Waals surface area contributed by atoms with E-state index >= 15 is 0 Å². The number of hydrogen-bond acceptors (Lipinski definition) is 3. The number of hydrogen-bond donors (Lipinski definition) is 1. The lowest BCUT2D eigenvalue weighted by atomic mass is 10.2. The minimum Gasteiger partial charge on any atom is -0.381 e. The fourth-order valence-corrected chi connectivity index (χ4v) is 2.06. The predicted molar refractivity (Wildman–Crippen MR) is 85.2 cm³/mol. The smallest absolute Gasteiger partial charge is 0.148 e. The van der Waals surface area contributed by atoms with Crippen molar-refractivity contribution in [3.8, 4) is 0 Å². The van der Waals surface area contributed by atoms with Crippen molar-refractivity contribution in [3.05, 3.63) is 42.0 Å². The van der Waals surface area contributed by atoms with Gasteiger partial charge in [0.15, 0.2) is 0 Å². The Morgan fingerprint density at radius 3 is 2.71 bits per heavy atom. The maximum absolute atomic E-state index is 14.1. The average Bonchev–Trinajstić information content (AvgIpc) is 2.92. The van der Waals surface area contributed by atoms with Crippen molar-refractivity contribution >= 4 is 11.4 Å². The van der Waals surface area contributed by atoms with E-state index in [9.17, 15) is 4.39 Å². The molecule has 21 heavy (non-hydrogen) atoms. The molecule has 1 heterocycles. The SMILES string of the molecule is CCn1cc(CNc2ccc(N(C)C(C)C)c(F)c2)cn1. The molecule has 0 amide bonds. The zero-order valence-electron chi connectivity index (χ0n) is 13.1. The van der Waals surface area contributed by atoms with E-state index < -0.39 is 0 Å². The second-order valence-electron chi connectivity index (χ2n) is 5.43. The third-order valence-corrected chi connectivity index (χ3v) is 3.61. The molecule has 0 bridgehead atoms. The van der Waals surface area contributed by atoms with Crippen molar-refractivity contribution in [2.75, 3.05) is 17.3 Å². The van der Waals surface area contributed by atoms with Gasteiger partial charge in [-0.1, -0.05) is 0 Å². The Morgan fingerprint density at radius 1 is 1.38 bits per heavy atom. The molecular formula is C16H23FN4. The molecule has 1 N–H and O–H groups in total. The second kappa shape index (κ2) is 6.61. The lowest BCUT2D eigenvalue weighted by molar-refractivity contribution is 0.614. The highest BCUT2D eigenvalue weighted by atomic mass is 19.1. The van der Waals surface area contributed by atoms with E-state index in [0.717, 1.165) is 17.8 Å². The maximum Gasteiger partial charge on any atom is 0.148 e. The summed E-state index contributed by atoms with van der Waals surface area (Å²) >= 11 is 0. The molecule has 0 fully saturated rings. The number of rotatable bonds is 6. The Balaban J connectivity index is 2.03. The number of nitrogens with one attached hydrogen (secondary N) is 1. The van der Waals surface area contributed by atoms with E-state index in [0.29, 0.717) is 12.2 Å². The number of aromatic nitrogens is 2. The van der Waals surface area contributed by atoms with E-state index in [1.165, 1.54) is 0 Å². The highest BCUT2D eigenvalue weighted by Gasteiger charge is 2.11. The van der Waals surface area contributed by atoms with Crippen molar-refractivity contribution in [2.24, 2.45) is 0 Å². The van der Waals surface area contributed by atoms with Crippen LogP contribution >= 0.6 is 0 Å². The van der Waals surface area contributed by atoms with Gasteiger partial charge in [-0.3, -0.25) is 4.68 Å². The van der Waals surface area contributed by atoms with Crippen LogP contribution in [0.1, 0.15) is 26.3 Å². The zero-order chi connectivity index (χ0) is 15.4. The minimum atomic E-state index is -0.208. The summed E-state index contributed by atoms with van der Waals surface area (Å²) < 4.78 is 16.0. The van der Waals surface area contributed by atoms with Crippen LogP contribution in [0, 0.1) is 5.82 Å². The van der Waals surface area contributed by atoms with Crippen molar-refractivity contribution in [3.63, 3.8) is 0 Å². The molecule has 0 saturated carbocycles. The molecule has 0 radical (unpaired) electrons. The predicted octanol–water partition coefficient (Wildman–Crippen LogP) is 3.50. The van der Waals surface area contributed by atoms with E-state index in [1.54, 1.807) is 6.07 Å². The average molecular weight is 290 g/mol. The lowest BCUT2D eigenvalue weighted by Crippen LogP contribution is -2.26. The summed E-state index contributed by atoms with van der Waals surface area (Å²) in [6.07, 6.45) is 3.82. The first kappa shape index (κ1) is 15.4. The third-order valence-electron chi connectivity index (χ3n) is 3.61. The van der Waals surface area contributed by atoms with Crippen LogP contribution in [-0.2, 0) is 13.1 Å². The molecule has 0 aliphatic rings. The Bertz CT molecular complexity index is 592.